The molecule has 1 atom stereocenters. The summed E-state index contributed by atoms with van der Waals surface area (Å²) in [5.41, 5.74) is -0.627. The third-order valence-corrected chi connectivity index (χ3v) is 5.46. The highest BCUT2D eigenvalue weighted by Crippen LogP contribution is 2.23. The van der Waals surface area contributed by atoms with Crippen LogP contribution in [0.2, 0.25) is 5.28 Å². The molecule has 0 bridgehead atoms. The molecule has 2 heterocycles. The zero-order valence-corrected chi connectivity index (χ0v) is 15.6. The third-order valence-electron chi connectivity index (χ3n) is 3.59. The van der Waals surface area contributed by atoms with Crippen LogP contribution in [-0.2, 0) is 14.6 Å². The summed E-state index contributed by atoms with van der Waals surface area (Å²) in [7, 11) is -3.68. The van der Waals surface area contributed by atoms with Gasteiger partial charge >= 0.3 is 6.09 Å². The molecule has 7 nitrogen and oxygen atoms in total. The highest BCUT2D eigenvalue weighted by atomic mass is 35.5. The summed E-state index contributed by atoms with van der Waals surface area (Å²) in [6, 6.07) is 0.870. The van der Waals surface area contributed by atoms with E-state index in [4.69, 9.17) is 16.3 Å². The Labute approximate surface area is 147 Å². The van der Waals surface area contributed by atoms with Gasteiger partial charge in [-0.25, -0.2) is 23.2 Å². The summed E-state index contributed by atoms with van der Waals surface area (Å²) < 4.78 is 30.5. The number of halogens is 1. The quantitative estimate of drug-likeness (QED) is 0.596. The number of rotatable bonds is 3. The van der Waals surface area contributed by atoms with Gasteiger partial charge in [0.2, 0.25) is 5.28 Å². The summed E-state index contributed by atoms with van der Waals surface area (Å²) in [6.07, 6.45) is 3.12. The molecular weight excluding hydrogens is 354 g/mol. The van der Waals surface area contributed by atoms with Crippen molar-refractivity contribution in [2.45, 2.75) is 56.7 Å². The molecule has 1 saturated heterocycles. The minimum Gasteiger partial charge on any atom is -0.444 e. The number of nitrogens with zero attached hydrogens (tertiary/aromatic N) is 3. The van der Waals surface area contributed by atoms with Crippen molar-refractivity contribution in [3.05, 3.63) is 17.5 Å². The van der Waals surface area contributed by atoms with E-state index in [-0.39, 0.29) is 16.1 Å². The lowest BCUT2D eigenvalue weighted by Gasteiger charge is -2.36. The first-order valence-electron chi connectivity index (χ1n) is 7.79. The van der Waals surface area contributed by atoms with Gasteiger partial charge in [0.05, 0.1) is 5.75 Å². The fourth-order valence-electron chi connectivity index (χ4n) is 2.57. The second kappa shape index (κ2) is 7.23. The highest BCUT2D eigenvalue weighted by molar-refractivity contribution is 7.91. The van der Waals surface area contributed by atoms with Crippen molar-refractivity contribution in [3.8, 4) is 0 Å². The van der Waals surface area contributed by atoms with Crippen molar-refractivity contribution in [2.24, 2.45) is 0 Å². The molecule has 0 aliphatic carbocycles. The zero-order valence-electron chi connectivity index (χ0n) is 14.0. The average molecular weight is 376 g/mol. The maximum absolute atomic E-state index is 12.6. The molecule has 0 radical (unpaired) electrons. The number of aromatic nitrogens is 2. The van der Waals surface area contributed by atoms with Gasteiger partial charge in [0.25, 0.3) is 0 Å². The number of carbonyl (C=O) groups is 1. The fourth-order valence-corrected chi connectivity index (χ4v) is 4.28. The van der Waals surface area contributed by atoms with E-state index < -0.39 is 27.6 Å². The number of hydrogen-bond acceptors (Lipinski definition) is 6. The molecule has 2 rings (SSSR count). The summed E-state index contributed by atoms with van der Waals surface area (Å²) in [6.45, 7) is 5.83. The molecule has 1 aliphatic rings. The maximum Gasteiger partial charge on any atom is 0.410 e. The first-order valence-corrected chi connectivity index (χ1v) is 9.82. The molecule has 134 valence electrons. The first kappa shape index (κ1) is 18.9. The van der Waals surface area contributed by atoms with Crippen molar-refractivity contribution in [1.29, 1.82) is 0 Å². The van der Waals surface area contributed by atoms with Crippen LogP contribution in [0, 0.1) is 0 Å². The van der Waals surface area contributed by atoms with Gasteiger partial charge in [-0.3, -0.25) is 0 Å². The van der Waals surface area contributed by atoms with Gasteiger partial charge in [0.15, 0.2) is 14.9 Å². The van der Waals surface area contributed by atoms with Crippen LogP contribution in [0.15, 0.2) is 17.3 Å². The molecule has 9 heteroatoms. The van der Waals surface area contributed by atoms with Crippen molar-refractivity contribution in [2.75, 3.05) is 12.3 Å². The summed E-state index contributed by atoms with van der Waals surface area (Å²) >= 11 is 5.67. The SMILES string of the molecule is CC(C)(C)OC(=O)N1CCCC[C@@H]1CS(=O)(=O)c1ccnc(Cl)n1. The van der Waals surface area contributed by atoms with E-state index >= 15 is 0 Å². The van der Waals surface area contributed by atoms with Gasteiger partial charge < -0.3 is 9.64 Å². The van der Waals surface area contributed by atoms with Crippen molar-refractivity contribution in [3.63, 3.8) is 0 Å². The number of piperidine rings is 1. The smallest absolute Gasteiger partial charge is 0.410 e. The largest absolute Gasteiger partial charge is 0.444 e. The molecule has 1 aliphatic heterocycles. The molecule has 1 aromatic heterocycles. The number of sulfone groups is 1. The van der Waals surface area contributed by atoms with Gasteiger partial charge in [-0.2, -0.15) is 0 Å². The standard InChI is InChI=1S/C15H22ClN3O4S/c1-15(2,3)23-14(20)19-9-5-4-6-11(19)10-24(21,22)12-7-8-17-13(16)18-12/h7-8,11H,4-6,9-10H2,1-3H3/t11-/m1/s1. The van der Waals surface area contributed by atoms with Crippen LogP contribution in [0.5, 0.6) is 0 Å². The Kier molecular flexibility index (Phi) is 5.70. The van der Waals surface area contributed by atoms with E-state index in [0.717, 1.165) is 12.8 Å². The van der Waals surface area contributed by atoms with Crippen molar-refractivity contribution >= 4 is 27.5 Å². The molecule has 24 heavy (non-hydrogen) atoms. The number of carbonyl (C=O) groups excluding carboxylic acids is 1. The second-order valence-corrected chi connectivity index (χ2v) is 9.09. The van der Waals surface area contributed by atoms with Gasteiger partial charge in [0, 0.05) is 18.8 Å². The lowest BCUT2D eigenvalue weighted by atomic mass is 10.0. The van der Waals surface area contributed by atoms with Gasteiger partial charge in [-0.15, -0.1) is 0 Å². The molecule has 1 amide bonds. The topological polar surface area (TPSA) is 89.5 Å². The van der Waals surface area contributed by atoms with Gasteiger partial charge in [0.1, 0.15) is 5.60 Å². The lowest BCUT2D eigenvalue weighted by molar-refractivity contribution is 0.0124. The van der Waals surface area contributed by atoms with E-state index in [1.54, 1.807) is 20.8 Å². The molecule has 0 spiro atoms. The molecule has 1 aromatic rings. The van der Waals surface area contributed by atoms with Crippen LogP contribution >= 0.6 is 11.6 Å². The van der Waals surface area contributed by atoms with Gasteiger partial charge in [-0.05, 0) is 57.7 Å². The zero-order chi connectivity index (χ0) is 18.0. The Morgan fingerprint density at radius 3 is 2.75 bits per heavy atom. The molecule has 1 fully saturated rings. The fraction of sp³-hybridized carbons (Fsp3) is 0.667. The Hall–Kier alpha value is -1.41. The van der Waals surface area contributed by atoms with E-state index in [2.05, 4.69) is 9.97 Å². The Bertz CT molecular complexity index is 703. The minimum absolute atomic E-state index is 0.122. The van der Waals surface area contributed by atoms with Crippen LogP contribution < -0.4 is 0 Å². The highest BCUT2D eigenvalue weighted by Gasteiger charge is 2.34. The van der Waals surface area contributed by atoms with Gasteiger partial charge in [-0.1, -0.05) is 0 Å². The third kappa shape index (κ3) is 5.04. The van der Waals surface area contributed by atoms with Crippen molar-refractivity contribution in [1.82, 2.24) is 14.9 Å². The predicted molar refractivity (Wildman–Crippen MR) is 89.7 cm³/mol. The molecule has 0 N–H and O–H groups in total. The van der Waals surface area contributed by atoms with E-state index in [1.165, 1.54) is 17.2 Å². The van der Waals surface area contributed by atoms with E-state index in [1.807, 2.05) is 0 Å². The van der Waals surface area contributed by atoms with Crippen LogP contribution in [0.4, 0.5) is 4.79 Å². The molecule has 0 aromatic carbocycles. The molecular formula is C15H22ClN3O4S. The van der Waals surface area contributed by atoms with Crippen LogP contribution in [-0.4, -0.2) is 53.3 Å². The number of likely N-dealkylation sites (tertiary alicyclic amines) is 1. The molecule has 0 unspecified atom stereocenters. The van der Waals surface area contributed by atoms with E-state index in [0.29, 0.717) is 13.0 Å². The number of amides is 1. The Balaban J connectivity index is 2.17. The Morgan fingerprint density at radius 1 is 1.42 bits per heavy atom. The summed E-state index contributed by atoms with van der Waals surface area (Å²) in [5, 5.41) is -0.249. The minimum atomic E-state index is -3.68. The van der Waals surface area contributed by atoms with Crippen molar-refractivity contribution < 1.29 is 17.9 Å². The normalized spacial score (nSPS) is 19.2. The summed E-state index contributed by atoms with van der Waals surface area (Å²) in [5.74, 6) is -0.209. The number of hydrogen-bond donors (Lipinski definition) is 0. The average Bonchev–Trinajstić information content (AvgIpc) is 2.45. The predicted octanol–water partition coefficient (Wildman–Crippen LogP) is 2.69. The van der Waals surface area contributed by atoms with E-state index in [9.17, 15) is 13.2 Å². The first-order chi connectivity index (χ1) is 11.1. The lowest BCUT2D eigenvalue weighted by Crippen LogP contribution is -2.49. The Morgan fingerprint density at radius 2 is 2.12 bits per heavy atom. The molecule has 0 saturated carbocycles. The second-order valence-electron chi connectivity index (χ2n) is 6.77. The monoisotopic (exact) mass is 375 g/mol. The van der Waals surface area contributed by atoms with Crippen LogP contribution in [0.1, 0.15) is 40.0 Å². The van der Waals surface area contributed by atoms with Crippen LogP contribution in [0.3, 0.4) is 0 Å². The number of ether oxygens (including phenoxy) is 1. The summed E-state index contributed by atoms with van der Waals surface area (Å²) in [4.78, 5) is 21.3. The van der Waals surface area contributed by atoms with Crippen LogP contribution in [0.25, 0.3) is 0 Å². The maximum atomic E-state index is 12.6.